The lowest BCUT2D eigenvalue weighted by Gasteiger charge is -2.15. The van der Waals surface area contributed by atoms with Crippen LogP contribution in [0.25, 0.3) is 0 Å². The van der Waals surface area contributed by atoms with E-state index in [4.69, 9.17) is 0 Å². The number of rotatable bonds is 5. The third-order valence-corrected chi connectivity index (χ3v) is 3.40. The second-order valence-corrected chi connectivity index (χ2v) is 6.36. The number of nitrogens with zero attached hydrogens (tertiary/aromatic N) is 1. The summed E-state index contributed by atoms with van der Waals surface area (Å²) in [6.45, 7) is 4.27. The molecule has 0 aliphatic heterocycles. The van der Waals surface area contributed by atoms with Gasteiger partial charge in [-0.1, -0.05) is 0 Å². The second-order valence-electron chi connectivity index (χ2n) is 4.18. The molecule has 0 aliphatic carbocycles. The van der Waals surface area contributed by atoms with Crippen LogP contribution in [0.4, 0.5) is 5.69 Å². The van der Waals surface area contributed by atoms with Crippen LogP contribution in [-0.4, -0.2) is 31.0 Å². The maximum atomic E-state index is 11.4. The monoisotopic (exact) mass is 258 g/mol. The first-order valence-electron chi connectivity index (χ1n) is 5.46. The summed E-state index contributed by atoms with van der Waals surface area (Å²) in [4.78, 5) is 11.4. The molecule has 96 valence electrons. The molecule has 0 amide bonds. The molecule has 0 fully saturated rings. The molecule has 1 aromatic rings. The van der Waals surface area contributed by atoms with E-state index in [0.717, 1.165) is 5.69 Å². The van der Waals surface area contributed by atoms with Crippen molar-refractivity contribution in [2.75, 3.05) is 17.3 Å². The van der Waals surface area contributed by atoms with Crippen LogP contribution in [-0.2, 0) is 16.4 Å². The lowest BCUT2D eigenvalue weighted by Crippen LogP contribution is -2.26. The van der Waals surface area contributed by atoms with Crippen LogP contribution in [0.3, 0.4) is 0 Å². The van der Waals surface area contributed by atoms with Crippen LogP contribution in [0.2, 0.25) is 0 Å². The van der Waals surface area contributed by atoms with Crippen molar-refractivity contribution in [3.63, 3.8) is 0 Å². The van der Waals surface area contributed by atoms with E-state index in [0.29, 0.717) is 6.54 Å². The van der Waals surface area contributed by atoms with Crippen molar-refractivity contribution in [1.29, 1.82) is 0 Å². The summed E-state index contributed by atoms with van der Waals surface area (Å²) in [5.74, 6) is 0.0677. The van der Waals surface area contributed by atoms with E-state index in [1.54, 1.807) is 23.8 Å². The molecule has 1 aromatic heterocycles. The highest BCUT2D eigenvalue weighted by Gasteiger charge is 2.10. The van der Waals surface area contributed by atoms with Gasteiger partial charge >= 0.3 is 0 Å². The van der Waals surface area contributed by atoms with E-state index in [2.05, 4.69) is 5.32 Å². The highest BCUT2D eigenvalue weighted by atomic mass is 32.2. The Labute approximate surface area is 101 Å². The average molecular weight is 258 g/mol. The van der Waals surface area contributed by atoms with Crippen molar-refractivity contribution in [2.24, 2.45) is 0 Å². The Morgan fingerprint density at radius 2 is 2.06 bits per heavy atom. The summed E-state index contributed by atoms with van der Waals surface area (Å²) in [5.41, 5.74) is 0.691. The highest BCUT2D eigenvalue weighted by Crippen LogP contribution is 2.06. The minimum absolute atomic E-state index is 0.0613. The van der Waals surface area contributed by atoms with Gasteiger partial charge in [-0.15, -0.1) is 0 Å². The van der Waals surface area contributed by atoms with Gasteiger partial charge in [0.05, 0.1) is 11.4 Å². The van der Waals surface area contributed by atoms with Gasteiger partial charge in [0.25, 0.3) is 5.56 Å². The van der Waals surface area contributed by atoms with Crippen LogP contribution >= 0.6 is 0 Å². The van der Waals surface area contributed by atoms with Gasteiger partial charge in [0, 0.05) is 31.1 Å². The molecule has 5 nitrogen and oxygen atoms in total. The van der Waals surface area contributed by atoms with Crippen LogP contribution in [0.5, 0.6) is 0 Å². The molecular formula is C11H18N2O3S. The zero-order chi connectivity index (χ0) is 13.1. The molecule has 0 radical (unpaired) electrons. The van der Waals surface area contributed by atoms with Crippen molar-refractivity contribution in [1.82, 2.24) is 4.57 Å². The largest absolute Gasteiger partial charge is 0.380 e. The second kappa shape index (κ2) is 5.35. The smallest absolute Gasteiger partial charge is 0.250 e. The normalized spacial score (nSPS) is 13.4. The first-order chi connectivity index (χ1) is 7.81. The summed E-state index contributed by atoms with van der Waals surface area (Å²) in [6, 6.07) is 2.94. The molecule has 1 rings (SSSR count). The molecule has 0 aliphatic rings. The van der Waals surface area contributed by atoms with Crippen LogP contribution < -0.4 is 10.9 Å². The SMILES string of the molecule is CCn1cc(NC(C)CS(C)(=O)=O)ccc1=O. The number of sulfone groups is 1. The van der Waals surface area contributed by atoms with Crippen LogP contribution in [0.15, 0.2) is 23.1 Å². The van der Waals surface area contributed by atoms with E-state index in [1.165, 1.54) is 12.3 Å². The van der Waals surface area contributed by atoms with Crippen molar-refractivity contribution < 1.29 is 8.42 Å². The van der Waals surface area contributed by atoms with Crippen LogP contribution in [0, 0.1) is 0 Å². The maximum absolute atomic E-state index is 11.4. The molecular weight excluding hydrogens is 240 g/mol. The van der Waals surface area contributed by atoms with Gasteiger partial charge in [-0.2, -0.15) is 0 Å². The van der Waals surface area contributed by atoms with Crippen LogP contribution in [0.1, 0.15) is 13.8 Å². The standard InChI is InChI=1S/C11H18N2O3S/c1-4-13-7-10(5-6-11(13)14)12-9(2)8-17(3,15)16/h5-7,9,12H,4,8H2,1-3H3. The van der Waals surface area contributed by atoms with E-state index in [1.807, 2.05) is 6.92 Å². The molecule has 1 heterocycles. The molecule has 17 heavy (non-hydrogen) atoms. The van der Waals surface area contributed by atoms with Gasteiger partial charge in [-0.25, -0.2) is 8.42 Å². The fourth-order valence-electron chi connectivity index (χ4n) is 1.64. The number of nitrogens with one attached hydrogen (secondary N) is 1. The Hall–Kier alpha value is -1.30. The zero-order valence-electron chi connectivity index (χ0n) is 10.3. The molecule has 0 aromatic carbocycles. The summed E-state index contributed by atoms with van der Waals surface area (Å²) in [6.07, 6.45) is 2.90. The zero-order valence-corrected chi connectivity index (χ0v) is 11.1. The first-order valence-corrected chi connectivity index (χ1v) is 7.52. The lowest BCUT2D eigenvalue weighted by molar-refractivity contribution is 0.598. The molecule has 6 heteroatoms. The van der Waals surface area contributed by atoms with E-state index < -0.39 is 9.84 Å². The molecule has 0 bridgehead atoms. The van der Waals surface area contributed by atoms with E-state index in [-0.39, 0.29) is 17.4 Å². The molecule has 1 N–H and O–H groups in total. The lowest BCUT2D eigenvalue weighted by atomic mass is 10.3. The fourth-order valence-corrected chi connectivity index (χ4v) is 2.64. The summed E-state index contributed by atoms with van der Waals surface area (Å²) in [5, 5.41) is 3.06. The third-order valence-electron chi connectivity index (χ3n) is 2.29. The van der Waals surface area contributed by atoms with Gasteiger partial charge in [-0.3, -0.25) is 4.79 Å². The molecule has 0 saturated heterocycles. The number of hydrogen-bond acceptors (Lipinski definition) is 4. The van der Waals surface area contributed by atoms with Crippen molar-refractivity contribution in [3.05, 3.63) is 28.7 Å². The van der Waals surface area contributed by atoms with E-state index >= 15 is 0 Å². The fraction of sp³-hybridized carbons (Fsp3) is 0.545. The first kappa shape index (κ1) is 13.8. The third kappa shape index (κ3) is 4.60. The molecule has 0 saturated carbocycles. The predicted octanol–water partition coefficient (Wildman–Crippen LogP) is 0.713. The Bertz CT molecular complexity index is 534. The number of pyridine rings is 1. The number of anilines is 1. The summed E-state index contributed by atoms with van der Waals surface area (Å²) >= 11 is 0. The van der Waals surface area contributed by atoms with Gasteiger partial charge in [0.1, 0.15) is 9.84 Å². The topological polar surface area (TPSA) is 68.2 Å². The number of aryl methyl sites for hydroxylation is 1. The minimum Gasteiger partial charge on any atom is -0.380 e. The van der Waals surface area contributed by atoms with Gasteiger partial charge in [0.2, 0.25) is 0 Å². The molecule has 0 spiro atoms. The Morgan fingerprint density at radius 1 is 1.41 bits per heavy atom. The number of hydrogen-bond donors (Lipinski definition) is 1. The van der Waals surface area contributed by atoms with Crippen molar-refractivity contribution in [3.8, 4) is 0 Å². The van der Waals surface area contributed by atoms with Gasteiger partial charge in [0.15, 0.2) is 0 Å². The molecule has 1 atom stereocenters. The van der Waals surface area contributed by atoms with Gasteiger partial charge < -0.3 is 9.88 Å². The van der Waals surface area contributed by atoms with Gasteiger partial charge in [-0.05, 0) is 19.9 Å². The molecule has 1 unspecified atom stereocenters. The quantitative estimate of drug-likeness (QED) is 0.844. The highest BCUT2D eigenvalue weighted by molar-refractivity contribution is 7.90. The summed E-state index contributed by atoms with van der Waals surface area (Å²) < 4.78 is 23.8. The predicted molar refractivity (Wildman–Crippen MR) is 69.2 cm³/mol. The maximum Gasteiger partial charge on any atom is 0.250 e. The Morgan fingerprint density at radius 3 is 2.59 bits per heavy atom. The Kier molecular flexibility index (Phi) is 4.34. The minimum atomic E-state index is -3.00. The summed E-state index contributed by atoms with van der Waals surface area (Å²) in [7, 11) is -3.00. The number of aromatic nitrogens is 1. The van der Waals surface area contributed by atoms with Crippen molar-refractivity contribution >= 4 is 15.5 Å². The Balaban J connectivity index is 2.79. The van der Waals surface area contributed by atoms with E-state index in [9.17, 15) is 13.2 Å². The van der Waals surface area contributed by atoms with Crippen molar-refractivity contribution in [2.45, 2.75) is 26.4 Å². The average Bonchev–Trinajstić information content (AvgIpc) is 2.18.